The molecule has 1 saturated heterocycles. The van der Waals surface area contributed by atoms with Crippen molar-refractivity contribution in [1.82, 2.24) is 0 Å². The molecule has 0 saturated carbocycles. The summed E-state index contributed by atoms with van der Waals surface area (Å²) in [6, 6.07) is 0. The van der Waals surface area contributed by atoms with E-state index in [2.05, 4.69) is 0 Å². The van der Waals surface area contributed by atoms with Gasteiger partial charge in [-0.15, -0.1) is 0 Å². The lowest BCUT2D eigenvalue weighted by Gasteiger charge is -2.20. The summed E-state index contributed by atoms with van der Waals surface area (Å²) >= 11 is 0. The van der Waals surface area contributed by atoms with Crippen LogP contribution in [-0.2, 0) is 9.53 Å². The molecule has 0 aromatic rings. The Bertz CT molecular complexity index is 252. The number of aliphatic hydroxyl groups excluding tert-OH is 1. The molecular formula is C8H8O3. The third-order valence-electron chi connectivity index (χ3n) is 1.98. The Kier molecular flexibility index (Phi) is 1.32. The van der Waals surface area contributed by atoms with Gasteiger partial charge in [-0.2, -0.15) is 0 Å². The van der Waals surface area contributed by atoms with Crippen LogP contribution in [0.25, 0.3) is 0 Å². The van der Waals surface area contributed by atoms with E-state index in [4.69, 9.17) is 9.84 Å². The maximum Gasteiger partial charge on any atom is 0.167 e. The summed E-state index contributed by atoms with van der Waals surface area (Å²) in [6.45, 7) is 0. The van der Waals surface area contributed by atoms with E-state index in [0.29, 0.717) is 12.0 Å². The van der Waals surface area contributed by atoms with Gasteiger partial charge in [0.05, 0.1) is 17.9 Å². The molecule has 2 bridgehead atoms. The first-order valence-corrected chi connectivity index (χ1v) is 3.52. The fourth-order valence-electron chi connectivity index (χ4n) is 1.40. The largest absolute Gasteiger partial charge is 0.515 e. The topological polar surface area (TPSA) is 46.5 Å². The van der Waals surface area contributed by atoms with Gasteiger partial charge < -0.3 is 9.84 Å². The minimum absolute atomic E-state index is 0.0150. The van der Waals surface area contributed by atoms with Gasteiger partial charge in [-0.05, 0) is 0 Å². The third-order valence-corrected chi connectivity index (χ3v) is 1.98. The Morgan fingerprint density at radius 1 is 1.64 bits per heavy atom. The average Bonchev–Trinajstić information content (AvgIpc) is 2.34. The molecular weight excluding hydrogens is 144 g/mol. The van der Waals surface area contributed by atoms with Gasteiger partial charge in [-0.1, -0.05) is 12.2 Å². The van der Waals surface area contributed by atoms with Gasteiger partial charge in [0.25, 0.3) is 0 Å². The smallest absolute Gasteiger partial charge is 0.167 e. The predicted octanol–water partition coefficient (Wildman–Crippen LogP) is 0.725. The minimum atomic E-state index is -0.300. The van der Waals surface area contributed by atoms with Crippen molar-refractivity contribution in [2.24, 2.45) is 0 Å². The summed E-state index contributed by atoms with van der Waals surface area (Å²) in [5, 5.41) is 8.68. The normalized spacial score (nSPS) is 38.5. The number of hydrogen-bond acceptors (Lipinski definition) is 3. The molecule has 0 aromatic heterocycles. The van der Waals surface area contributed by atoms with E-state index < -0.39 is 0 Å². The molecule has 0 aromatic carbocycles. The molecule has 2 heterocycles. The van der Waals surface area contributed by atoms with E-state index in [9.17, 15) is 4.79 Å². The molecule has 3 nitrogen and oxygen atoms in total. The average molecular weight is 152 g/mol. The van der Waals surface area contributed by atoms with Gasteiger partial charge in [-0.25, -0.2) is 0 Å². The molecule has 58 valence electrons. The molecule has 0 amide bonds. The van der Waals surface area contributed by atoms with Crippen LogP contribution in [0.3, 0.4) is 0 Å². The van der Waals surface area contributed by atoms with Crippen LogP contribution in [-0.4, -0.2) is 23.1 Å². The second-order valence-electron chi connectivity index (χ2n) is 2.69. The lowest BCUT2D eigenvalue weighted by Crippen LogP contribution is -2.28. The van der Waals surface area contributed by atoms with Crippen molar-refractivity contribution in [1.29, 1.82) is 0 Å². The van der Waals surface area contributed by atoms with E-state index in [1.807, 2.05) is 6.08 Å². The molecule has 1 fully saturated rings. The zero-order valence-electron chi connectivity index (χ0n) is 5.86. The van der Waals surface area contributed by atoms with Crippen LogP contribution in [0.5, 0.6) is 0 Å². The molecule has 11 heavy (non-hydrogen) atoms. The Labute approximate surface area is 64.0 Å². The van der Waals surface area contributed by atoms with E-state index in [1.54, 1.807) is 6.08 Å². The maximum absolute atomic E-state index is 11.1. The number of aliphatic hydroxyl groups is 1. The Morgan fingerprint density at radius 2 is 2.45 bits per heavy atom. The molecule has 2 rings (SSSR count). The number of ether oxygens (including phenoxy) is 1. The van der Waals surface area contributed by atoms with Crippen LogP contribution in [0.2, 0.25) is 0 Å². The molecule has 2 aliphatic rings. The van der Waals surface area contributed by atoms with Crippen molar-refractivity contribution in [3.8, 4) is 0 Å². The van der Waals surface area contributed by atoms with Crippen molar-refractivity contribution in [3.05, 3.63) is 24.0 Å². The molecule has 3 heteroatoms. The molecule has 0 radical (unpaired) electrons. The summed E-state index contributed by atoms with van der Waals surface area (Å²) in [5.74, 6) is -0.0150. The van der Waals surface area contributed by atoms with Gasteiger partial charge in [-0.3, -0.25) is 4.79 Å². The van der Waals surface area contributed by atoms with Crippen LogP contribution in [0, 0.1) is 0 Å². The second kappa shape index (κ2) is 2.20. The van der Waals surface area contributed by atoms with Crippen molar-refractivity contribution < 1.29 is 14.6 Å². The summed E-state index contributed by atoms with van der Waals surface area (Å²) in [4.78, 5) is 11.1. The van der Waals surface area contributed by atoms with Gasteiger partial charge >= 0.3 is 0 Å². The van der Waals surface area contributed by atoms with Gasteiger partial charge in [0, 0.05) is 6.42 Å². The Morgan fingerprint density at radius 3 is 3.18 bits per heavy atom. The number of ketones is 1. The SMILES string of the molecule is O=C1CC2C=CC(O2)/C1=C/O. The standard InChI is InChI=1S/C8H8O3/c9-4-6-7(10)3-5-1-2-8(6)11-5/h1-2,4-5,8-9H,3H2/b6-4+. The lowest BCUT2D eigenvalue weighted by molar-refractivity contribution is -0.122. The van der Waals surface area contributed by atoms with Crippen molar-refractivity contribution >= 4 is 5.78 Å². The molecule has 2 atom stereocenters. The summed E-state index contributed by atoms with van der Waals surface area (Å²) in [7, 11) is 0. The maximum atomic E-state index is 11.1. The van der Waals surface area contributed by atoms with Crippen LogP contribution in [0.4, 0.5) is 0 Å². The quantitative estimate of drug-likeness (QED) is 0.316. The van der Waals surface area contributed by atoms with Crippen molar-refractivity contribution in [2.75, 3.05) is 0 Å². The zero-order chi connectivity index (χ0) is 7.84. The summed E-state index contributed by atoms with van der Waals surface area (Å²) < 4.78 is 5.31. The monoisotopic (exact) mass is 152 g/mol. The van der Waals surface area contributed by atoms with E-state index >= 15 is 0 Å². The highest BCUT2D eigenvalue weighted by Gasteiger charge is 2.34. The molecule has 2 unspecified atom stereocenters. The fourth-order valence-corrected chi connectivity index (χ4v) is 1.40. The van der Waals surface area contributed by atoms with E-state index in [0.717, 1.165) is 6.26 Å². The highest BCUT2D eigenvalue weighted by Crippen LogP contribution is 2.27. The fraction of sp³-hybridized carbons (Fsp3) is 0.375. The Hall–Kier alpha value is -1.09. The number of carbonyl (C=O) groups is 1. The first kappa shape index (κ1) is 6.61. The van der Waals surface area contributed by atoms with Crippen LogP contribution in [0.15, 0.2) is 24.0 Å². The van der Waals surface area contributed by atoms with Crippen LogP contribution in [0.1, 0.15) is 6.42 Å². The first-order valence-electron chi connectivity index (χ1n) is 3.52. The van der Waals surface area contributed by atoms with Crippen LogP contribution < -0.4 is 0 Å². The number of Topliss-reactive ketones (excluding diaryl/α,β-unsaturated/α-hetero) is 1. The predicted molar refractivity (Wildman–Crippen MR) is 38.1 cm³/mol. The third kappa shape index (κ3) is 0.886. The lowest BCUT2D eigenvalue weighted by atomic mass is 10.0. The van der Waals surface area contributed by atoms with E-state index in [-0.39, 0.29) is 18.0 Å². The van der Waals surface area contributed by atoms with Crippen molar-refractivity contribution in [3.63, 3.8) is 0 Å². The zero-order valence-corrected chi connectivity index (χ0v) is 5.86. The Balaban J connectivity index is 2.33. The first-order chi connectivity index (χ1) is 5.31. The molecule has 1 N–H and O–H groups in total. The van der Waals surface area contributed by atoms with Gasteiger partial charge in [0.15, 0.2) is 5.78 Å². The van der Waals surface area contributed by atoms with Gasteiger partial charge in [0.1, 0.15) is 6.10 Å². The summed E-state index contributed by atoms with van der Waals surface area (Å²) in [6.07, 6.45) is 4.51. The van der Waals surface area contributed by atoms with E-state index in [1.165, 1.54) is 0 Å². The second-order valence-corrected chi connectivity index (χ2v) is 2.69. The number of fused-ring (bicyclic) bond motifs is 2. The molecule has 0 aliphatic carbocycles. The highest BCUT2D eigenvalue weighted by atomic mass is 16.5. The van der Waals surface area contributed by atoms with Crippen molar-refractivity contribution in [2.45, 2.75) is 18.6 Å². The number of rotatable bonds is 0. The number of carbonyl (C=O) groups excluding carboxylic acids is 1. The summed E-state index contributed by atoms with van der Waals surface area (Å²) in [5.41, 5.74) is 0.370. The van der Waals surface area contributed by atoms with Crippen LogP contribution >= 0.6 is 0 Å². The highest BCUT2D eigenvalue weighted by molar-refractivity contribution is 5.98. The number of hydrogen-bond donors (Lipinski definition) is 1. The minimum Gasteiger partial charge on any atom is -0.515 e. The van der Waals surface area contributed by atoms with Gasteiger partial charge in [0.2, 0.25) is 0 Å². The molecule has 2 aliphatic heterocycles. The molecule has 0 spiro atoms.